The molecule has 0 unspecified atom stereocenters. The van der Waals surface area contributed by atoms with Crippen LogP contribution in [0.1, 0.15) is 10.4 Å². The topological polar surface area (TPSA) is 85.4 Å². The summed E-state index contributed by atoms with van der Waals surface area (Å²) in [6, 6.07) is 8.07. The summed E-state index contributed by atoms with van der Waals surface area (Å²) in [7, 11) is 0. The Morgan fingerprint density at radius 1 is 1.33 bits per heavy atom. The maximum Gasteiger partial charge on any atom is 0.338 e. The molecular weight excluding hydrogens is 256 g/mol. The summed E-state index contributed by atoms with van der Waals surface area (Å²) in [5, 5.41) is 9.31. The molecule has 1 aromatic heterocycles. The van der Waals surface area contributed by atoms with E-state index in [0.717, 1.165) is 0 Å². The van der Waals surface area contributed by atoms with Gasteiger partial charge in [0.2, 0.25) is 5.88 Å². The third kappa shape index (κ3) is 2.36. The number of nitrogen functional groups attached to an aromatic ring is 1. The minimum Gasteiger partial charge on any atom is -0.478 e. The van der Waals surface area contributed by atoms with E-state index in [9.17, 15) is 4.79 Å². The van der Waals surface area contributed by atoms with E-state index in [1.807, 2.05) is 0 Å². The summed E-state index contributed by atoms with van der Waals surface area (Å²) in [6.45, 7) is 0. The number of aromatic carboxylic acids is 1. The summed E-state index contributed by atoms with van der Waals surface area (Å²) in [4.78, 5) is 14.8. The van der Waals surface area contributed by atoms with Crippen molar-refractivity contribution in [2.24, 2.45) is 0 Å². The molecule has 0 atom stereocenters. The highest BCUT2D eigenvalue weighted by atomic mass is 35.5. The summed E-state index contributed by atoms with van der Waals surface area (Å²) < 4.78 is 5.40. The molecule has 18 heavy (non-hydrogen) atoms. The van der Waals surface area contributed by atoms with Gasteiger partial charge in [-0.1, -0.05) is 23.7 Å². The molecule has 0 aliphatic rings. The Kier molecular flexibility index (Phi) is 3.34. The quantitative estimate of drug-likeness (QED) is 0.890. The lowest BCUT2D eigenvalue weighted by Gasteiger charge is -2.09. The smallest absolute Gasteiger partial charge is 0.338 e. The van der Waals surface area contributed by atoms with E-state index in [1.165, 1.54) is 12.3 Å². The fourth-order valence-corrected chi connectivity index (χ4v) is 1.53. The van der Waals surface area contributed by atoms with E-state index >= 15 is 0 Å². The Bertz CT molecular complexity index is 602. The van der Waals surface area contributed by atoms with Gasteiger partial charge in [0.15, 0.2) is 0 Å². The van der Waals surface area contributed by atoms with Gasteiger partial charge in [-0.15, -0.1) is 0 Å². The van der Waals surface area contributed by atoms with E-state index < -0.39 is 5.97 Å². The monoisotopic (exact) mass is 264 g/mol. The Morgan fingerprint density at radius 2 is 2.06 bits per heavy atom. The lowest BCUT2D eigenvalue weighted by Crippen LogP contribution is -2.05. The molecule has 2 aromatic rings. The van der Waals surface area contributed by atoms with Crippen LogP contribution in [0.25, 0.3) is 0 Å². The predicted molar refractivity (Wildman–Crippen MR) is 67.1 cm³/mol. The van der Waals surface area contributed by atoms with Gasteiger partial charge < -0.3 is 15.6 Å². The first-order valence-electron chi connectivity index (χ1n) is 4.99. The second kappa shape index (κ2) is 4.93. The van der Waals surface area contributed by atoms with E-state index in [1.54, 1.807) is 24.3 Å². The standard InChI is InChI=1S/C12H9ClN2O3/c13-8-3-1-2-4-9(8)18-11-10(14)7(12(16)17)5-6-15-11/h1-6H,14H2,(H,16,17). The third-order valence-electron chi connectivity index (χ3n) is 2.23. The van der Waals surface area contributed by atoms with Crippen LogP contribution in [0.15, 0.2) is 36.5 Å². The van der Waals surface area contributed by atoms with Crippen molar-refractivity contribution in [3.8, 4) is 11.6 Å². The first-order chi connectivity index (χ1) is 8.59. The number of anilines is 1. The minimum absolute atomic E-state index is 0.0167. The number of carboxylic acids is 1. The molecule has 0 aliphatic carbocycles. The Morgan fingerprint density at radius 3 is 2.72 bits per heavy atom. The summed E-state index contributed by atoms with van der Waals surface area (Å²) in [5.41, 5.74) is 5.57. The zero-order chi connectivity index (χ0) is 13.1. The average molecular weight is 265 g/mol. The van der Waals surface area contributed by atoms with Gasteiger partial charge in [0.1, 0.15) is 11.4 Å². The van der Waals surface area contributed by atoms with Crippen LogP contribution in [0.5, 0.6) is 11.6 Å². The largest absolute Gasteiger partial charge is 0.478 e. The van der Waals surface area contributed by atoms with Gasteiger partial charge in [-0.3, -0.25) is 0 Å². The molecule has 0 spiro atoms. The number of pyridine rings is 1. The number of benzene rings is 1. The van der Waals surface area contributed by atoms with E-state index in [4.69, 9.17) is 27.2 Å². The number of carbonyl (C=O) groups is 1. The van der Waals surface area contributed by atoms with Gasteiger partial charge in [-0.05, 0) is 18.2 Å². The fourth-order valence-electron chi connectivity index (χ4n) is 1.35. The molecule has 6 heteroatoms. The molecule has 0 fully saturated rings. The van der Waals surface area contributed by atoms with Crippen molar-refractivity contribution < 1.29 is 14.6 Å². The highest BCUT2D eigenvalue weighted by molar-refractivity contribution is 6.32. The van der Waals surface area contributed by atoms with Crippen LogP contribution < -0.4 is 10.5 Å². The van der Waals surface area contributed by atoms with Crippen LogP contribution in [0.3, 0.4) is 0 Å². The number of carboxylic acid groups (broad SMARTS) is 1. The zero-order valence-electron chi connectivity index (χ0n) is 9.13. The third-order valence-corrected chi connectivity index (χ3v) is 2.54. The first-order valence-corrected chi connectivity index (χ1v) is 5.37. The molecule has 3 N–H and O–H groups in total. The molecule has 0 saturated carbocycles. The predicted octanol–water partition coefficient (Wildman–Crippen LogP) is 2.81. The van der Waals surface area contributed by atoms with Crippen molar-refractivity contribution in [3.05, 3.63) is 47.1 Å². The number of hydrogen-bond donors (Lipinski definition) is 2. The lowest BCUT2D eigenvalue weighted by atomic mass is 10.2. The molecular formula is C12H9ClN2O3. The van der Waals surface area contributed by atoms with Crippen molar-refractivity contribution in [3.63, 3.8) is 0 Å². The van der Waals surface area contributed by atoms with Crippen molar-refractivity contribution in [1.82, 2.24) is 4.98 Å². The van der Waals surface area contributed by atoms with E-state index in [2.05, 4.69) is 4.98 Å². The van der Waals surface area contributed by atoms with Gasteiger partial charge in [0.05, 0.1) is 10.6 Å². The van der Waals surface area contributed by atoms with Crippen LogP contribution in [-0.2, 0) is 0 Å². The molecule has 0 saturated heterocycles. The first kappa shape index (κ1) is 12.2. The van der Waals surface area contributed by atoms with Crippen LogP contribution in [0, 0.1) is 0 Å². The molecule has 1 heterocycles. The highest BCUT2D eigenvalue weighted by Crippen LogP contribution is 2.31. The van der Waals surface area contributed by atoms with Gasteiger partial charge in [-0.25, -0.2) is 9.78 Å². The van der Waals surface area contributed by atoms with Crippen molar-refractivity contribution in [1.29, 1.82) is 0 Å². The molecule has 0 amide bonds. The van der Waals surface area contributed by atoms with Crippen LogP contribution in [0.4, 0.5) is 5.69 Å². The van der Waals surface area contributed by atoms with Crippen molar-refractivity contribution in [2.75, 3.05) is 5.73 Å². The Labute approximate surface area is 108 Å². The molecule has 0 radical (unpaired) electrons. The molecule has 92 valence electrons. The zero-order valence-corrected chi connectivity index (χ0v) is 9.89. The van der Waals surface area contributed by atoms with E-state index in [-0.39, 0.29) is 17.1 Å². The number of rotatable bonds is 3. The molecule has 0 bridgehead atoms. The van der Waals surface area contributed by atoms with Gasteiger partial charge in [-0.2, -0.15) is 0 Å². The number of nitrogens with zero attached hydrogens (tertiary/aromatic N) is 1. The van der Waals surface area contributed by atoms with Gasteiger partial charge in [0.25, 0.3) is 0 Å². The summed E-state index contributed by atoms with van der Waals surface area (Å²) >= 11 is 5.92. The van der Waals surface area contributed by atoms with Crippen LogP contribution in [0.2, 0.25) is 5.02 Å². The maximum absolute atomic E-state index is 10.9. The number of nitrogens with two attached hydrogens (primary N) is 1. The van der Waals surface area contributed by atoms with Gasteiger partial charge in [0, 0.05) is 6.20 Å². The van der Waals surface area contributed by atoms with E-state index in [0.29, 0.717) is 10.8 Å². The number of para-hydroxylation sites is 1. The fraction of sp³-hybridized carbons (Fsp3) is 0. The Hall–Kier alpha value is -2.27. The second-order valence-corrected chi connectivity index (χ2v) is 3.82. The lowest BCUT2D eigenvalue weighted by molar-refractivity contribution is 0.0697. The van der Waals surface area contributed by atoms with Crippen molar-refractivity contribution >= 4 is 23.3 Å². The average Bonchev–Trinajstić information content (AvgIpc) is 2.34. The number of hydrogen-bond acceptors (Lipinski definition) is 4. The molecule has 5 nitrogen and oxygen atoms in total. The number of aromatic nitrogens is 1. The molecule has 1 aromatic carbocycles. The summed E-state index contributed by atoms with van der Waals surface area (Å²) in [5.74, 6) is -0.761. The molecule has 2 rings (SSSR count). The number of halogens is 1. The van der Waals surface area contributed by atoms with Gasteiger partial charge >= 0.3 is 5.97 Å². The SMILES string of the molecule is Nc1c(C(=O)O)ccnc1Oc1ccccc1Cl. The minimum atomic E-state index is -1.14. The summed E-state index contributed by atoms with van der Waals surface area (Å²) in [6.07, 6.45) is 1.31. The highest BCUT2D eigenvalue weighted by Gasteiger charge is 2.14. The van der Waals surface area contributed by atoms with Crippen LogP contribution in [-0.4, -0.2) is 16.1 Å². The van der Waals surface area contributed by atoms with Crippen LogP contribution >= 0.6 is 11.6 Å². The number of ether oxygens (including phenoxy) is 1. The normalized spacial score (nSPS) is 10.1. The molecule has 0 aliphatic heterocycles. The second-order valence-electron chi connectivity index (χ2n) is 3.41. The Balaban J connectivity index is 2.39. The van der Waals surface area contributed by atoms with Crippen molar-refractivity contribution in [2.45, 2.75) is 0 Å². The maximum atomic E-state index is 10.9.